The molecule has 2 heterocycles. The summed E-state index contributed by atoms with van der Waals surface area (Å²) in [6, 6.07) is 11.9. The van der Waals surface area contributed by atoms with Crippen molar-refractivity contribution in [3.8, 4) is 5.75 Å². The molecule has 0 saturated carbocycles. The molecule has 10 heteroatoms. The molecule has 36 heavy (non-hydrogen) atoms. The molecular formula is C26H33N3O5S2. The first kappa shape index (κ1) is 26.5. The van der Waals surface area contributed by atoms with Gasteiger partial charge in [0, 0.05) is 31.8 Å². The second-order valence-corrected chi connectivity index (χ2v) is 11.8. The Balaban J connectivity index is 1.62. The smallest absolute Gasteiger partial charge is 0.279 e. The van der Waals surface area contributed by atoms with Gasteiger partial charge >= 0.3 is 0 Å². The van der Waals surface area contributed by atoms with E-state index >= 15 is 0 Å². The van der Waals surface area contributed by atoms with Gasteiger partial charge in [0.2, 0.25) is 10.0 Å². The zero-order valence-electron chi connectivity index (χ0n) is 21.0. The van der Waals surface area contributed by atoms with Gasteiger partial charge in [0.15, 0.2) is 4.80 Å². The third kappa shape index (κ3) is 5.88. The van der Waals surface area contributed by atoms with Crippen molar-refractivity contribution >= 4 is 37.5 Å². The van der Waals surface area contributed by atoms with Crippen molar-refractivity contribution in [3.63, 3.8) is 0 Å². The Morgan fingerprint density at radius 1 is 1.08 bits per heavy atom. The average molecular weight is 532 g/mol. The van der Waals surface area contributed by atoms with Crippen LogP contribution in [0.25, 0.3) is 10.2 Å². The number of carbonyl (C=O) groups is 1. The maximum atomic E-state index is 13.1. The molecule has 0 atom stereocenters. The van der Waals surface area contributed by atoms with Gasteiger partial charge < -0.3 is 14.0 Å². The minimum Gasteiger partial charge on any atom is -0.494 e. The zero-order chi connectivity index (χ0) is 25.7. The standard InChI is InChI=1S/C26H33N3O5S2/c1-4-33-17-16-29-23-11-8-21(34-5-2)18-24(23)35-26(29)27-25(30)20-6-9-22(10-7-20)36(31,32)28-14-12-19(3)13-15-28/h6-11,18-19H,4-5,12-17H2,1-3H3. The normalized spacial score (nSPS) is 16.0. The lowest BCUT2D eigenvalue weighted by Crippen LogP contribution is -2.37. The van der Waals surface area contributed by atoms with Crippen LogP contribution in [0.5, 0.6) is 5.75 Å². The fourth-order valence-electron chi connectivity index (χ4n) is 4.21. The number of thiazole rings is 1. The van der Waals surface area contributed by atoms with Crippen molar-refractivity contribution < 1.29 is 22.7 Å². The molecule has 3 aromatic rings. The molecule has 0 spiro atoms. The van der Waals surface area contributed by atoms with E-state index in [-0.39, 0.29) is 4.90 Å². The van der Waals surface area contributed by atoms with Crippen LogP contribution in [0, 0.1) is 5.92 Å². The van der Waals surface area contributed by atoms with E-state index in [2.05, 4.69) is 11.9 Å². The van der Waals surface area contributed by atoms with E-state index in [0.29, 0.717) is 55.7 Å². The lowest BCUT2D eigenvalue weighted by molar-refractivity contribution is 0.0996. The lowest BCUT2D eigenvalue weighted by Gasteiger charge is -2.29. The van der Waals surface area contributed by atoms with Gasteiger partial charge in [-0.05, 0) is 75.1 Å². The van der Waals surface area contributed by atoms with E-state index in [1.807, 2.05) is 36.6 Å². The molecule has 1 amide bonds. The molecule has 1 aliphatic rings. The first-order valence-corrected chi connectivity index (χ1v) is 14.6. The van der Waals surface area contributed by atoms with E-state index in [1.54, 1.807) is 0 Å². The molecule has 1 aromatic heterocycles. The predicted molar refractivity (Wildman–Crippen MR) is 141 cm³/mol. The van der Waals surface area contributed by atoms with Crippen LogP contribution in [0.1, 0.15) is 44.0 Å². The number of fused-ring (bicyclic) bond motifs is 1. The summed E-state index contributed by atoms with van der Waals surface area (Å²) in [6.45, 7) is 9.30. The van der Waals surface area contributed by atoms with Crippen LogP contribution in [0.3, 0.4) is 0 Å². The number of carbonyl (C=O) groups excluding carboxylic acids is 1. The summed E-state index contributed by atoms with van der Waals surface area (Å²) in [5.41, 5.74) is 1.29. The van der Waals surface area contributed by atoms with E-state index < -0.39 is 15.9 Å². The third-order valence-electron chi connectivity index (χ3n) is 6.31. The van der Waals surface area contributed by atoms with Crippen LogP contribution >= 0.6 is 11.3 Å². The maximum absolute atomic E-state index is 13.1. The SMILES string of the molecule is CCOCCn1c(=NC(=O)c2ccc(S(=O)(=O)N3CCC(C)CC3)cc2)sc2cc(OCC)ccc21. The summed E-state index contributed by atoms with van der Waals surface area (Å²) in [5, 5.41) is 0. The Morgan fingerprint density at radius 3 is 2.47 bits per heavy atom. The van der Waals surface area contributed by atoms with Gasteiger partial charge in [-0.3, -0.25) is 4.79 Å². The highest BCUT2D eigenvalue weighted by atomic mass is 32.2. The molecular weight excluding hydrogens is 498 g/mol. The monoisotopic (exact) mass is 531 g/mol. The second kappa shape index (κ2) is 11.7. The molecule has 194 valence electrons. The number of sulfonamides is 1. The molecule has 4 rings (SSSR count). The molecule has 1 saturated heterocycles. The van der Waals surface area contributed by atoms with Crippen molar-refractivity contribution in [2.75, 3.05) is 32.9 Å². The number of aromatic nitrogens is 1. The Bertz CT molecular complexity index is 1370. The van der Waals surface area contributed by atoms with Gasteiger partial charge in [0.25, 0.3) is 5.91 Å². The lowest BCUT2D eigenvalue weighted by atomic mass is 10.0. The molecule has 1 fully saturated rings. The Labute approximate surface area is 216 Å². The molecule has 0 radical (unpaired) electrons. The first-order valence-electron chi connectivity index (χ1n) is 12.4. The summed E-state index contributed by atoms with van der Waals surface area (Å²) >= 11 is 1.41. The number of hydrogen-bond donors (Lipinski definition) is 0. The summed E-state index contributed by atoms with van der Waals surface area (Å²) in [4.78, 5) is 18.2. The topological polar surface area (TPSA) is 90.2 Å². The zero-order valence-corrected chi connectivity index (χ0v) is 22.6. The average Bonchev–Trinajstić information content (AvgIpc) is 3.21. The third-order valence-corrected chi connectivity index (χ3v) is 9.26. The van der Waals surface area contributed by atoms with Gasteiger partial charge in [-0.25, -0.2) is 8.42 Å². The van der Waals surface area contributed by atoms with Gasteiger partial charge in [-0.15, -0.1) is 0 Å². The van der Waals surface area contributed by atoms with Gasteiger partial charge in [-0.1, -0.05) is 18.3 Å². The Hall–Kier alpha value is -2.53. The van der Waals surface area contributed by atoms with Crippen molar-refractivity contribution in [2.45, 2.75) is 45.1 Å². The van der Waals surface area contributed by atoms with Gasteiger partial charge in [0.05, 0.1) is 28.3 Å². The van der Waals surface area contributed by atoms with Crippen molar-refractivity contribution in [3.05, 3.63) is 52.8 Å². The van der Waals surface area contributed by atoms with Crippen LogP contribution in [0.2, 0.25) is 0 Å². The second-order valence-electron chi connectivity index (χ2n) is 8.82. The highest BCUT2D eigenvalue weighted by Crippen LogP contribution is 2.25. The van der Waals surface area contributed by atoms with Gasteiger partial charge in [0.1, 0.15) is 5.75 Å². The molecule has 0 unspecified atom stereocenters. The number of hydrogen-bond acceptors (Lipinski definition) is 6. The summed E-state index contributed by atoms with van der Waals surface area (Å²) in [6.07, 6.45) is 1.72. The molecule has 0 aliphatic carbocycles. The summed E-state index contributed by atoms with van der Waals surface area (Å²) in [5.74, 6) is 0.877. The highest BCUT2D eigenvalue weighted by molar-refractivity contribution is 7.89. The van der Waals surface area contributed by atoms with E-state index in [0.717, 1.165) is 28.8 Å². The van der Waals surface area contributed by atoms with Crippen LogP contribution in [-0.2, 0) is 21.3 Å². The van der Waals surface area contributed by atoms with Crippen molar-refractivity contribution in [2.24, 2.45) is 10.9 Å². The minimum atomic E-state index is -3.57. The van der Waals surface area contributed by atoms with E-state index in [9.17, 15) is 13.2 Å². The summed E-state index contributed by atoms with van der Waals surface area (Å²) < 4.78 is 41.6. The molecule has 0 bridgehead atoms. The van der Waals surface area contributed by atoms with Gasteiger partial charge in [-0.2, -0.15) is 9.30 Å². The largest absolute Gasteiger partial charge is 0.494 e. The van der Waals surface area contributed by atoms with Crippen LogP contribution in [0.15, 0.2) is 52.4 Å². The number of nitrogens with zero attached hydrogens (tertiary/aromatic N) is 3. The fourth-order valence-corrected chi connectivity index (χ4v) is 6.76. The van der Waals surface area contributed by atoms with Crippen molar-refractivity contribution in [1.82, 2.24) is 8.87 Å². The number of piperidine rings is 1. The number of amides is 1. The molecule has 1 aliphatic heterocycles. The number of rotatable bonds is 9. The summed E-state index contributed by atoms with van der Waals surface area (Å²) in [7, 11) is -3.57. The quantitative estimate of drug-likeness (QED) is 0.384. The van der Waals surface area contributed by atoms with Crippen LogP contribution in [-0.4, -0.2) is 56.1 Å². The molecule has 8 nitrogen and oxygen atoms in total. The fraction of sp³-hybridized carbons (Fsp3) is 0.462. The Morgan fingerprint density at radius 2 is 1.81 bits per heavy atom. The molecule has 0 N–H and O–H groups in total. The van der Waals surface area contributed by atoms with Crippen LogP contribution < -0.4 is 9.54 Å². The van der Waals surface area contributed by atoms with Crippen molar-refractivity contribution in [1.29, 1.82) is 0 Å². The first-order chi connectivity index (χ1) is 17.3. The maximum Gasteiger partial charge on any atom is 0.279 e. The van der Waals surface area contributed by atoms with E-state index in [4.69, 9.17) is 9.47 Å². The van der Waals surface area contributed by atoms with Crippen LogP contribution in [0.4, 0.5) is 0 Å². The molecule has 2 aromatic carbocycles. The highest BCUT2D eigenvalue weighted by Gasteiger charge is 2.28. The Kier molecular flexibility index (Phi) is 8.61. The van der Waals surface area contributed by atoms with E-state index in [1.165, 1.54) is 39.9 Å². The minimum absolute atomic E-state index is 0.200. The number of benzene rings is 2. The predicted octanol–water partition coefficient (Wildman–Crippen LogP) is 4.30. The number of ether oxygens (including phenoxy) is 2.